The van der Waals surface area contributed by atoms with Gasteiger partial charge >= 0.3 is 0 Å². The lowest BCUT2D eigenvalue weighted by molar-refractivity contribution is 0.0988. The van der Waals surface area contributed by atoms with Gasteiger partial charge in [-0.2, -0.15) is 4.98 Å². The van der Waals surface area contributed by atoms with Crippen molar-refractivity contribution in [2.75, 3.05) is 35.2 Å². The number of nitrogen functional groups attached to an aromatic ring is 1. The van der Waals surface area contributed by atoms with Crippen molar-refractivity contribution in [2.24, 2.45) is 5.92 Å². The molecule has 0 spiro atoms. The number of piperidine rings is 1. The summed E-state index contributed by atoms with van der Waals surface area (Å²) in [6.07, 6.45) is 6.08. The van der Waals surface area contributed by atoms with E-state index in [1.54, 1.807) is 19.3 Å². The van der Waals surface area contributed by atoms with Gasteiger partial charge in [0.05, 0.1) is 24.4 Å². The van der Waals surface area contributed by atoms with Crippen LogP contribution in [0.2, 0.25) is 0 Å². The number of morpholine rings is 1. The summed E-state index contributed by atoms with van der Waals surface area (Å²) in [6, 6.07) is 2.49. The van der Waals surface area contributed by atoms with Gasteiger partial charge in [-0.3, -0.25) is 0 Å². The number of anilines is 3. The molecule has 2 N–H and O–H groups in total. The van der Waals surface area contributed by atoms with E-state index in [1.165, 1.54) is 0 Å². The summed E-state index contributed by atoms with van der Waals surface area (Å²) in [5.74, 6) is 1.83. The highest BCUT2D eigenvalue weighted by Gasteiger charge is 2.53. The summed E-state index contributed by atoms with van der Waals surface area (Å²) in [6.45, 7) is 3.96. The van der Waals surface area contributed by atoms with Gasteiger partial charge in [-0.05, 0) is 19.8 Å². The molecule has 1 aliphatic carbocycles. The van der Waals surface area contributed by atoms with Gasteiger partial charge in [0.1, 0.15) is 11.5 Å². The smallest absolute Gasteiger partial charge is 0.228 e. The Hall–Kier alpha value is -2.55. The molecule has 152 valence electrons. The maximum atomic E-state index is 14.7. The number of rotatable bonds is 3. The molecule has 4 aliphatic rings. The zero-order valence-corrected chi connectivity index (χ0v) is 16.3. The van der Waals surface area contributed by atoms with E-state index >= 15 is 0 Å². The zero-order chi connectivity index (χ0) is 19.8. The number of hydrogen-bond acceptors (Lipinski definition) is 8. The van der Waals surface area contributed by atoms with E-state index in [0.717, 1.165) is 43.1 Å². The quantitative estimate of drug-likeness (QED) is 0.838. The van der Waals surface area contributed by atoms with Crippen LogP contribution in [0.25, 0.3) is 11.3 Å². The minimum Gasteiger partial charge on any atom is -0.374 e. The number of aromatic nitrogens is 4. The molecule has 1 saturated carbocycles. The van der Waals surface area contributed by atoms with E-state index in [2.05, 4.69) is 19.8 Å². The summed E-state index contributed by atoms with van der Waals surface area (Å²) < 4.78 is 20.4. The summed E-state index contributed by atoms with van der Waals surface area (Å²) >= 11 is 0. The first-order valence-corrected chi connectivity index (χ1v) is 10.3. The number of nitrogens with zero attached hydrogens (tertiary/aromatic N) is 6. The Kier molecular flexibility index (Phi) is 3.57. The third-order valence-electron chi connectivity index (χ3n) is 7.02. The van der Waals surface area contributed by atoms with Crippen molar-refractivity contribution in [3.63, 3.8) is 0 Å². The van der Waals surface area contributed by atoms with Gasteiger partial charge in [0.15, 0.2) is 0 Å². The van der Waals surface area contributed by atoms with Crippen molar-refractivity contribution in [1.82, 2.24) is 19.9 Å². The van der Waals surface area contributed by atoms with Crippen LogP contribution >= 0.6 is 0 Å². The first-order valence-electron chi connectivity index (χ1n) is 10.3. The summed E-state index contributed by atoms with van der Waals surface area (Å²) in [5, 5.41) is 0. The number of halogens is 1. The third kappa shape index (κ3) is 2.74. The van der Waals surface area contributed by atoms with Gasteiger partial charge in [-0.25, -0.2) is 19.3 Å². The molecule has 2 aromatic heterocycles. The Labute approximate surface area is 168 Å². The molecule has 9 heteroatoms. The molecule has 3 saturated heterocycles. The van der Waals surface area contributed by atoms with Gasteiger partial charge in [-0.1, -0.05) is 0 Å². The zero-order valence-electron chi connectivity index (χ0n) is 16.3. The number of ether oxygens (including phenoxy) is 1. The summed E-state index contributed by atoms with van der Waals surface area (Å²) in [5.41, 5.74) is 6.12. The Bertz CT molecular complexity index is 952. The van der Waals surface area contributed by atoms with Crippen LogP contribution in [0.15, 0.2) is 18.5 Å². The van der Waals surface area contributed by atoms with Crippen molar-refractivity contribution in [3.8, 4) is 11.3 Å². The monoisotopic (exact) mass is 397 g/mol. The Morgan fingerprint density at radius 3 is 2.59 bits per heavy atom. The van der Waals surface area contributed by atoms with E-state index in [1.807, 2.05) is 6.07 Å². The highest BCUT2D eigenvalue weighted by molar-refractivity contribution is 5.65. The van der Waals surface area contributed by atoms with Crippen LogP contribution in [0, 0.1) is 5.92 Å². The predicted octanol–water partition coefficient (Wildman–Crippen LogP) is 1.82. The second-order valence-corrected chi connectivity index (χ2v) is 8.96. The van der Waals surface area contributed by atoms with Crippen LogP contribution < -0.4 is 15.5 Å². The summed E-state index contributed by atoms with van der Waals surface area (Å²) in [4.78, 5) is 22.5. The molecule has 4 bridgehead atoms. The molecule has 0 radical (unpaired) electrons. The Morgan fingerprint density at radius 2 is 1.97 bits per heavy atom. The standard InChI is InChI=1S/C20H24FN7O/c1-20(21)5-13-2-12(20)8-28(13)19-25-16(11-6-23-18(22)24-7-11)4-17(26-19)27-9-15-3-14(27)10-29-15/h4,6-7,12-15H,2-3,5,8-10H2,1H3,(H2,22,23,24)/t12-,13-,14+,15+,20?/m1/s1. The maximum absolute atomic E-state index is 14.7. The van der Waals surface area contributed by atoms with Crippen LogP contribution in [0.1, 0.15) is 26.2 Å². The molecule has 1 unspecified atom stereocenters. The fourth-order valence-electron chi connectivity index (χ4n) is 5.41. The van der Waals surface area contributed by atoms with Crippen molar-refractivity contribution >= 4 is 17.7 Å². The summed E-state index contributed by atoms with van der Waals surface area (Å²) in [7, 11) is 0. The van der Waals surface area contributed by atoms with Gasteiger partial charge in [0.2, 0.25) is 11.9 Å². The number of hydrogen-bond donors (Lipinski definition) is 1. The van der Waals surface area contributed by atoms with Crippen LogP contribution in [0.5, 0.6) is 0 Å². The van der Waals surface area contributed by atoms with Gasteiger partial charge in [-0.15, -0.1) is 0 Å². The minimum atomic E-state index is -1.09. The van der Waals surface area contributed by atoms with Crippen molar-refractivity contribution in [1.29, 1.82) is 0 Å². The molecule has 5 atom stereocenters. The molecule has 0 aromatic carbocycles. The fourth-order valence-corrected chi connectivity index (χ4v) is 5.41. The normalized spacial score (nSPS) is 35.1. The van der Waals surface area contributed by atoms with Crippen molar-refractivity contribution in [2.45, 2.75) is 50.0 Å². The van der Waals surface area contributed by atoms with E-state index < -0.39 is 5.67 Å². The highest BCUT2D eigenvalue weighted by Crippen LogP contribution is 2.48. The number of nitrogens with two attached hydrogens (primary N) is 1. The molecule has 6 rings (SSSR count). The average molecular weight is 397 g/mol. The fraction of sp³-hybridized carbons (Fsp3) is 0.600. The van der Waals surface area contributed by atoms with Crippen molar-refractivity contribution < 1.29 is 9.13 Å². The second kappa shape index (κ2) is 5.98. The molecule has 4 fully saturated rings. The lowest BCUT2D eigenvalue weighted by Crippen LogP contribution is -2.43. The van der Waals surface area contributed by atoms with Crippen LogP contribution in [-0.4, -0.2) is 63.5 Å². The van der Waals surface area contributed by atoms with Crippen LogP contribution in [0.3, 0.4) is 0 Å². The predicted molar refractivity (Wildman–Crippen MR) is 106 cm³/mol. The molecular formula is C20H24FN7O. The molecule has 8 nitrogen and oxygen atoms in total. The molecule has 0 amide bonds. The minimum absolute atomic E-state index is 0.0410. The maximum Gasteiger partial charge on any atom is 0.228 e. The average Bonchev–Trinajstić information content (AvgIpc) is 3.47. The Morgan fingerprint density at radius 1 is 1.14 bits per heavy atom. The van der Waals surface area contributed by atoms with Crippen LogP contribution in [0.4, 0.5) is 22.1 Å². The molecule has 29 heavy (non-hydrogen) atoms. The van der Waals surface area contributed by atoms with Gasteiger partial charge < -0.3 is 20.3 Å². The van der Waals surface area contributed by atoms with E-state index in [0.29, 0.717) is 25.0 Å². The Balaban J connectivity index is 1.40. The van der Waals surface area contributed by atoms with E-state index in [9.17, 15) is 4.39 Å². The van der Waals surface area contributed by atoms with Gasteiger partial charge in [0, 0.05) is 55.5 Å². The topological polar surface area (TPSA) is 93.3 Å². The lowest BCUT2D eigenvalue weighted by atomic mass is 9.93. The largest absolute Gasteiger partial charge is 0.374 e. The van der Waals surface area contributed by atoms with Crippen molar-refractivity contribution in [3.05, 3.63) is 18.5 Å². The molecule has 2 aromatic rings. The highest BCUT2D eigenvalue weighted by atomic mass is 19.1. The van der Waals surface area contributed by atoms with E-state index in [4.69, 9.17) is 20.4 Å². The first-order chi connectivity index (χ1) is 14.0. The molecule has 5 heterocycles. The number of alkyl halides is 1. The van der Waals surface area contributed by atoms with E-state index in [-0.39, 0.29) is 24.0 Å². The number of fused-ring (bicyclic) bond motifs is 4. The third-order valence-corrected chi connectivity index (χ3v) is 7.02. The van der Waals surface area contributed by atoms with Crippen LogP contribution in [-0.2, 0) is 4.74 Å². The second-order valence-electron chi connectivity index (χ2n) is 8.96. The SMILES string of the molecule is CC1(F)C[C@H]2C[C@@H]1CN2c1nc(-c2cnc(N)nc2)cc(N2C[C@@H]3C[C@H]2CO3)n1. The molecular weight excluding hydrogens is 373 g/mol. The lowest BCUT2D eigenvalue weighted by Gasteiger charge is -2.35. The molecule has 3 aliphatic heterocycles. The van der Waals surface area contributed by atoms with Gasteiger partial charge in [0.25, 0.3) is 0 Å². The first kappa shape index (κ1) is 17.3.